The number of hydrogen-bond donors (Lipinski definition) is 2. The van der Waals surface area contributed by atoms with Gasteiger partial charge in [-0.1, -0.05) is 24.3 Å². The van der Waals surface area contributed by atoms with E-state index in [2.05, 4.69) is 10.6 Å². The molecule has 2 aliphatic rings. The first kappa shape index (κ1) is 16.4. The molecule has 3 heterocycles. The molecule has 0 saturated carbocycles. The number of nitrogens with zero attached hydrogens (tertiary/aromatic N) is 1. The predicted octanol–water partition coefficient (Wildman–Crippen LogP) is 2.03. The lowest BCUT2D eigenvalue weighted by Gasteiger charge is -2.37. The summed E-state index contributed by atoms with van der Waals surface area (Å²) in [6.07, 6.45) is 2.59. The number of fused-ring (bicyclic) bond motifs is 1. The first-order valence-corrected chi connectivity index (χ1v) is 8.51. The van der Waals surface area contributed by atoms with Crippen molar-refractivity contribution >= 4 is 28.8 Å². The Labute approximate surface area is 150 Å². The molecule has 2 unspecified atom stereocenters. The Morgan fingerprint density at radius 2 is 2.04 bits per heavy atom. The van der Waals surface area contributed by atoms with Crippen LogP contribution in [0.2, 0.25) is 0 Å². The summed E-state index contributed by atoms with van der Waals surface area (Å²) in [5, 5.41) is 5.79. The number of nitrogens with one attached hydrogen (secondary N) is 2. The number of amides is 4. The predicted molar refractivity (Wildman–Crippen MR) is 94.1 cm³/mol. The largest absolute Gasteiger partial charge is 0.458 e. The molecule has 1 fully saturated rings. The van der Waals surface area contributed by atoms with E-state index in [1.54, 1.807) is 24.0 Å². The van der Waals surface area contributed by atoms with Crippen LogP contribution in [0, 0.1) is 0 Å². The van der Waals surface area contributed by atoms with Gasteiger partial charge in [0.25, 0.3) is 5.91 Å². The van der Waals surface area contributed by atoms with Gasteiger partial charge in [-0.2, -0.15) is 0 Å². The van der Waals surface area contributed by atoms with E-state index in [-0.39, 0.29) is 18.5 Å². The normalized spacial score (nSPS) is 26.1. The Hall–Kier alpha value is -3.09. The minimum absolute atomic E-state index is 0.00950. The summed E-state index contributed by atoms with van der Waals surface area (Å²) in [6, 6.07) is 8.42. The number of furan rings is 1. The van der Waals surface area contributed by atoms with Gasteiger partial charge in [0.05, 0.1) is 6.54 Å². The van der Waals surface area contributed by atoms with Gasteiger partial charge >= 0.3 is 6.03 Å². The van der Waals surface area contributed by atoms with Gasteiger partial charge in [-0.15, -0.1) is 0 Å². The standard InChI is InChI=1S/C19H19N3O4/c1-11-7-8-12(2)22(16(11)23)10-19(17(24)20-18(25)21-19)15-9-13-5-3-4-6-14(13)26-15/h3-7,9,12H,8,10H2,1-2H3,(H2,20,21,24,25). The third kappa shape index (κ3) is 2.39. The van der Waals surface area contributed by atoms with Crippen LogP contribution in [0.1, 0.15) is 26.0 Å². The molecule has 1 aromatic heterocycles. The summed E-state index contributed by atoms with van der Waals surface area (Å²) < 4.78 is 5.88. The minimum Gasteiger partial charge on any atom is -0.458 e. The number of hydrogen-bond acceptors (Lipinski definition) is 4. The fraction of sp³-hybridized carbons (Fsp3) is 0.316. The summed E-state index contributed by atoms with van der Waals surface area (Å²) in [7, 11) is 0. The van der Waals surface area contributed by atoms with Crippen LogP contribution in [0.5, 0.6) is 0 Å². The number of urea groups is 1. The maximum atomic E-state index is 12.7. The maximum absolute atomic E-state index is 12.7. The summed E-state index contributed by atoms with van der Waals surface area (Å²) in [5.74, 6) is -0.351. The average Bonchev–Trinajstić information content (AvgIpc) is 3.16. The van der Waals surface area contributed by atoms with E-state index >= 15 is 0 Å². The van der Waals surface area contributed by atoms with E-state index in [1.165, 1.54) is 0 Å². The Balaban J connectivity index is 1.80. The molecule has 0 spiro atoms. The number of carbonyl (C=O) groups excluding carboxylic acids is 3. The van der Waals surface area contributed by atoms with Crippen LogP contribution in [0.4, 0.5) is 4.79 Å². The Bertz CT molecular complexity index is 928. The fourth-order valence-electron chi connectivity index (χ4n) is 3.52. The van der Waals surface area contributed by atoms with Crippen molar-refractivity contribution in [3.05, 3.63) is 47.7 Å². The molecule has 2 aromatic rings. The summed E-state index contributed by atoms with van der Waals surface area (Å²) in [6.45, 7) is 3.68. The highest BCUT2D eigenvalue weighted by atomic mass is 16.3. The van der Waals surface area contributed by atoms with E-state index < -0.39 is 17.5 Å². The highest BCUT2D eigenvalue weighted by Gasteiger charge is 2.52. The van der Waals surface area contributed by atoms with Crippen LogP contribution in [-0.2, 0) is 15.1 Å². The summed E-state index contributed by atoms with van der Waals surface area (Å²) in [4.78, 5) is 38.9. The number of imide groups is 1. The molecule has 26 heavy (non-hydrogen) atoms. The molecule has 4 amide bonds. The Kier molecular flexibility index (Phi) is 3.61. The van der Waals surface area contributed by atoms with Crippen molar-refractivity contribution < 1.29 is 18.8 Å². The fourth-order valence-corrected chi connectivity index (χ4v) is 3.52. The van der Waals surface area contributed by atoms with Gasteiger partial charge in [-0.25, -0.2) is 4.79 Å². The van der Waals surface area contributed by atoms with Crippen molar-refractivity contribution in [1.82, 2.24) is 15.5 Å². The number of carbonyl (C=O) groups is 3. The first-order valence-electron chi connectivity index (χ1n) is 8.51. The van der Waals surface area contributed by atoms with Crippen molar-refractivity contribution in [2.75, 3.05) is 6.54 Å². The molecule has 2 aliphatic heterocycles. The van der Waals surface area contributed by atoms with Gasteiger partial charge in [0, 0.05) is 17.0 Å². The minimum atomic E-state index is -1.45. The zero-order valence-corrected chi connectivity index (χ0v) is 14.5. The molecule has 0 aliphatic carbocycles. The van der Waals surface area contributed by atoms with E-state index in [0.29, 0.717) is 23.3 Å². The third-order valence-electron chi connectivity index (χ3n) is 5.09. The molecular formula is C19H19N3O4. The number of benzene rings is 1. The van der Waals surface area contributed by atoms with Gasteiger partial charge in [-0.3, -0.25) is 14.9 Å². The topological polar surface area (TPSA) is 91.7 Å². The molecule has 134 valence electrons. The quantitative estimate of drug-likeness (QED) is 0.826. The first-order chi connectivity index (χ1) is 12.4. The van der Waals surface area contributed by atoms with E-state index in [1.807, 2.05) is 31.2 Å². The molecule has 0 radical (unpaired) electrons. The van der Waals surface area contributed by atoms with Gasteiger partial charge in [0.1, 0.15) is 11.3 Å². The molecule has 2 N–H and O–H groups in total. The second-order valence-electron chi connectivity index (χ2n) is 6.87. The Morgan fingerprint density at radius 3 is 2.73 bits per heavy atom. The highest BCUT2D eigenvalue weighted by molar-refractivity contribution is 6.08. The van der Waals surface area contributed by atoms with Gasteiger partial charge < -0.3 is 14.6 Å². The van der Waals surface area contributed by atoms with Crippen LogP contribution >= 0.6 is 0 Å². The van der Waals surface area contributed by atoms with Gasteiger partial charge in [0.15, 0.2) is 5.54 Å². The summed E-state index contributed by atoms with van der Waals surface area (Å²) in [5.41, 5.74) is -0.199. The molecule has 4 rings (SSSR count). The lowest BCUT2D eigenvalue weighted by Crippen LogP contribution is -2.56. The maximum Gasteiger partial charge on any atom is 0.322 e. The molecule has 2 atom stereocenters. The van der Waals surface area contributed by atoms with Crippen LogP contribution in [0.3, 0.4) is 0 Å². The SMILES string of the molecule is CC1=CCC(C)N(CC2(c3cc4ccccc4o3)NC(=O)NC2=O)C1=O. The number of para-hydroxylation sites is 1. The molecular weight excluding hydrogens is 334 g/mol. The van der Waals surface area contributed by atoms with Crippen LogP contribution in [0.25, 0.3) is 11.0 Å². The van der Waals surface area contributed by atoms with E-state index in [9.17, 15) is 14.4 Å². The van der Waals surface area contributed by atoms with E-state index in [4.69, 9.17) is 4.42 Å². The molecule has 1 aromatic carbocycles. The number of rotatable bonds is 3. The molecule has 7 nitrogen and oxygen atoms in total. The van der Waals surface area contributed by atoms with Gasteiger partial charge in [0.2, 0.25) is 5.91 Å². The van der Waals surface area contributed by atoms with Gasteiger partial charge in [-0.05, 0) is 32.4 Å². The van der Waals surface area contributed by atoms with Crippen molar-refractivity contribution in [2.24, 2.45) is 0 Å². The molecule has 7 heteroatoms. The highest BCUT2D eigenvalue weighted by Crippen LogP contribution is 2.33. The van der Waals surface area contributed by atoms with Crippen molar-refractivity contribution in [3.63, 3.8) is 0 Å². The smallest absolute Gasteiger partial charge is 0.322 e. The molecule has 0 bridgehead atoms. The van der Waals surface area contributed by atoms with Crippen LogP contribution < -0.4 is 10.6 Å². The average molecular weight is 353 g/mol. The van der Waals surface area contributed by atoms with Crippen molar-refractivity contribution in [2.45, 2.75) is 31.8 Å². The van der Waals surface area contributed by atoms with Crippen LogP contribution in [0.15, 0.2) is 46.4 Å². The molecule has 1 saturated heterocycles. The second-order valence-corrected chi connectivity index (χ2v) is 6.87. The third-order valence-corrected chi connectivity index (χ3v) is 5.09. The summed E-state index contributed by atoms with van der Waals surface area (Å²) >= 11 is 0. The van der Waals surface area contributed by atoms with Crippen molar-refractivity contribution in [1.29, 1.82) is 0 Å². The van der Waals surface area contributed by atoms with E-state index in [0.717, 1.165) is 5.39 Å². The lowest BCUT2D eigenvalue weighted by atomic mass is 9.92. The Morgan fingerprint density at radius 1 is 1.27 bits per heavy atom. The second kappa shape index (κ2) is 5.72. The zero-order valence-electron chi connectivity index (χ0n) is 14.5. The van der Waals surface area contributed by atoms with Crippen molar-refractivity contribution in [3.8, 4) is 0 Å². The van der Waals surface area contributed by atoms with Crippen LogP contribution in [-0.4, -0.2) is 35.3 Å². The zero-order chi connectivity index (χ0) is 18.5. The monoisotopic (exact) mass is 353 g/mol. The lowest BCUT2D eigenvalue weighted by molar-refractivity contribution is -0.133.